The van der Waals surface area contributed by atoms with Crippen LogP contribution in [0, 0.1) is 5.92 Å². The van der Waals surface area contributed by atoms with Gasteiger partial charge in [-0.3, -0.25) is 14.6 Å². The third kappa shape index (κ3) is 4.60. The quantitative estimate of drug-likeness (QED) is 0.680. The van der Waals surface area contributed by atoms with Crippen molar-refractivity contribution < 1.29 is 9.59 Å². The van der Waals surface area contributed by atoms with Crippen LogP contribution in [0.2, 0.25) is 0 Å². The fraction of sp³-hybridized carbons (Fsp3) is 0.364. The maximum Gasteiger partial charge on any atom is 0.252 e. The summed E-state index contributed by atoms with van der Waals surface area (Å²) in [7, 11) is 0. The highest BCUT2D eigenvalue weighted by Gasteiger charge is 2.35. The Kier molecular flexibility index (Phi) is 5.50. The number of aromatic nitrogens is 5. The molecule has 0 aliphatic carbocycles. The molecule has 1 unspecified atom stereocenters. The monoisotopic (exact) mass is 419 g/mol. The molecule has 0 radical (unpaired) electrons. The molecule has 3 aromatic rings. The first kappa shape index (κ1) is 20.6. The SMILES string of the molecule is CC(C)(C)c1cc(NC(=O)C2CC(=O)N(Cc3ccccn3)C2)n(-c2ncccn2)n1. The number of anilines is 1. The molecule has 9 nitrogen and oxygen atoms in total. The number of nitrogens with one attached hydrogen (secondary N) is 1. The van der Waals surface area contributed by atoms with Gasteiger partial charge < -0.3 is 10.2 Å². The minimum absolute atomic E-state index is 0.0546. The van der Waals surface area contributed by atoms with Gasteiger partial charge in [0.25, 0.3) is 5.95 Å². The van der Waals surface area contributed by atoms with Crippen molar-refractivity contribution in [2.45, 2.75) is 39.2 Å². The Labute approximate surface area is 180 Å². The van der Waals surface area contributed by atoms with Gasteiger partial charge in [-0.15, -0.1) is 0 Å². The van der Waals surface area contributed by atoms with Crippen LogP contribution in [0.5, 0.6) is 0 Å². The summed E-state index contributed by atoms with van der Waals surface area (Å²) in [6.07, 6.45) is 5.11. The Hall–Kier alpha value is -3.62. The second-order valence-corrected chi connectivity index (χ2v) is 8.61. The number of likely N-dealkylation sites (tertiary alicyclic amines) is 1. The van der Waals surface area contributed by atoms with Crippen molar-refractivity contribution in [1.29, 1.82) is 0 Å². The lowest BCUT2D eigenvalue weighted by Gasteiger charge is -2.16. The number of nitrogens with zero attached hydrogens (tertiary/aromatic N) is 6. The van der Waals surface area contributed by atoms with Crippen molar-refractivity contribution in [3.8, 4) is 5.95 Å². The number of rotatable bonds is 5. The molecule has 2 amide bonds. The van der Waals surface area contributed by atoms with Crippen molar-refractivity contribution >= 4 is 17.6 Å². The van der Waals surface area contributed by atoms with Gasteiger partial charge in [-0.25, -0.2) is 9.97 Å². The summed E-state index contributed by atoms with van der Waals surface area (Å²) >= 11 is 0. The summed E-state index contributed by atoms with van der Waals surface area (Å²) in [5.41, 5.74) is 1.38. The molecular formula is C22H25N7O2. The average molecular weight is 419 g/mol. The topological polar surface area (TPSA) is 106 Å². The van der Waals surface area contributed by atoms with Gasteiger partial charge in [0.05, 0.1) is 23.9 Å². The van der Waals surface area contributed by atoms with Gasteiger partial charge in [-0.2, -0.15) is 9.78 Å². The van der Waals surface area contributed by atoms with E-state index in [2.05, 4.69) is 25.4 Å². The molecule has 1 aliphatic heterocycles. The first-order valence-corrected chi connectivity index (χ1v) is 10.2. The highest BCUT2D eigenvalue weighted by molar-refractivity contribution is 5.96. The van der Waals surface area contributed by atoms with E-state index in [0.717, 1.165) is 11.4 Å². The molecule has 4 heterocycles. The zero-order valence-corrected chi connectivity index (χ0v) is 17.8. The first-order chi connectivity index (χ1) is 14.8. The predicted octanol–water partition coefficient (Wildman–Crippen LogP) is 2.34. The van der Waals surface area contributed by atoms with Crippen molar-refractivity contribution in [2.24, 2.45) is 5.92 Å². The van der Waals surface area contributed by atoms with E-state index in [0.29, 0.717) is 24.9 Å². The van der Waals surface area contributed by atoms with E-state index < -0.39 is 5.92 Å². The maximum atomic E-state index is 13.0. The molecule has 9 heteroatoms. The molecule has 4 rings (SSSR count). The molecule has 1 N–H and O–H groups in total. The average Bonchev–Trinajstić information content (AvgIpc) is 3.33. The van der Waals surface area contributed by atoms with Crippen LogP contribution in [0.25, 0.3) is 5.95 Å². The van der Waals surface area contributed by atoms with Gasteiger partial charge in [-0.05, 0) is 18.2 Å². The van der Waals surface area contributed by atoms with E-state index in [1.54, 1.807) is 29.6 Å². The summed E-state index contributed by atoms with van der Waals surface area (Å²) in [6, 6.07) is 9.13. The first-order valence-electron chi connectivity index (χ1n) is 10.2. The van der Waals surface area contributed by atoms with E-state index in [-0.39, 0.29) is 23.7 Å². The summed E-state index contributed by atoms with van der Waals surface area (Å²) in [4.78, 5) is 39.9. The van der Waals surface area contributed by atoms with Crippen molar-refractivity contribution in [1.82, 2.24) is 29.6 Å². The number of hydrogen-bond donors (Lipinski definition) is 1. The molecular weight excluding hydrogens is 394 g/mol. The molecule has 160 valence electrons. The molecule has 0 aromatic carbocycles. The van der Waals surface area contributed by atoms with Crippen LogP contribution in [-0.4, -0.2) is 48.0 Å². The molecule has 31 heavy (non-hydrogen) atoms. The van der Waals surface area contributed by atoms with Gasteiger partial charge in [0.2, 0.25) is 11.8 Å². The van der Waals surface area contributed by atoms with Gasteiger partial charge in [0, 0.05) is 43.0 Å². The van der Waals surface area contributed by atoms with Gasteiger partial charge in [-0.1, -0.05) is 26.8 Å². The second-order valence-electron chi connectivity index (χ2n) is 8.61. The van der Waals surface area contributed by atoms with E-state index in [9.17, 15) is 9.59 Å². The summed E-state index contributed by atoms with van der Waals surface area (Å²) in [5.74, 6) is 0.120. The smallest absolute Gasteiger partial charge is 0.252 e. The highest BCUT2D eigenvalue weighted by Crippen LogP contribution is 2.27. The van der Waals surface area contributed by atoms with E-state index in [4.69, 9.17) is 0 Å². The lowest BCUT2D eigenvalue weighted by atomic mass is 9.92. The number of carbonyl (C=O) groups is 2. The van der Waals surface area contributed by atoms with Crippen LogP contribution in [-0.2, 0) is 21.5 Å². The van der Waals surface area contributed by atoms with Crippen LogP contribution in [0.1, 0.15) is 38.6 Å². The minimum Gasteiger partial charge on any atom is -0.336 e. The fourth-order valence-electron chi connectivity index (χ4n) is 3.41. The Morgan fingerprint density at radius 2 is 1.87 bits per heavy atom. The van der Waals surface area contributed by atoms with Crippen LogP contribution < -0.4 is 5.32 Å². The third-order valence-electron chi connectivity index (χ3n) is 5.13. The van der Waals surface area contributed by atoms with E-state index in [1.165, 1.54) is 4.68 Å². The Morgan fingerprint density at radius 3 is 2.55 bits per heavy atom. The number of hydrogen-bond acceptors (Lipinski definition) is 6. The van der Waals surface area contributed by atoms with Gasteiger partial charge in [0.15, 0.2) is 0 Å². The Balaban J connectivity index is 1.52. The molecule has 1 aliphatic rings. The molecule has 0 saturated carbocycles. The number of pyridine rings is 1. The largest absolute Gasteiger partial charge is 0.336 e. The molecule has 3 aromatic heterocycles. The van der Waals surface area contributed by atoms with E-state index >= 15 is 0 Å². The Morgan fingerprint density at radius 1 is 1.13 bits per heavy atom. The summed E-state index contributed by atoms with van der Waals surface area (Å²) in [6.45, 7) is 6.88. The fourth-order valence-corrected chi connectivity index (χ4v) is 3.41. The Bertz CT molecular complexity index is 1070. The zero-order chi connectivity index (χ0) is 22.0. The normalized spacial score (nSPS) is 16.5. The standard InChI is InChI=1S/C22H25N7O2/c1-22(2,3)17-12-18(29(27-17)21-24-9-6-10-25-21)26-20(31)15-11-19(30)28(13-15)14-16-7-4-5-8-23-16/h4-10,12,15H,11,13-14H2,1-3H3,(H,26,31). The zero-order valence-electron chi connectivity index (χ0n) is 17.8. The van der Waals surface area contributed by atoms with Crippen molar-refractivity contribution in [3.63, 3.8) is 0 Å². The number of amides is 2. The van der Waals surface area contributed by atoms with E-state index in [1.807, 2.05) is 45.0 Å². The lowest BCUT2D eigenvalue weighted by molar-refractivity contribution is -0.128. The van der Waals surface area contributed by atoms with Crippen LogP contribution in [0.3, 0.4) is 0 Å². The maximum absolute atomic E-state index is 13.0. The van der Waals surface area contributed by atoms with Crippen LogP contribution in [0.4, 0.5) is 5.82 Å². The van der Waals surface area contributed by atoms with Crippen LogP contribution >= 0.6 is 0 Å². The van der Waals surface area contributed by atoms with Crippen LogP contribution in [0.15, 0.2) is 48.9 Å². The highest BCUT2D eigenvalue weighted by atomic mass is 16.2. The lowest BCUT2D eigenvalue weighted by Crippen LogP contribution is -2.28. The second kappa shape index (κ2) is 8.25. The van der Waals surface area contributed by atoms with Crippen molar-refractivity contribution in [2.75, 3.05) is 11.9 Å². The summed E-state index contributed by atoms with van der Waals surface area (Å²) in [5, 5.41) is 7.54. The molecule has 1 saturated heterocycles. The molecule has 1 fully saturated rings. The van der Waals surface area contributed by atoms with Gasteiger partial charge >= 0.3 is 0 Å². The number of carbonyl (C=O) groups excluding carboxylic acids is 2. The summed E-state index contributed by atoms with van der Waals surface area (Å²) < 4.78 is 1.53. The molecule has 0 spiro atoms. The van der Waals surface area contributed by atoms with Crippen molar-refractivity contribution in [3.05, 3.63) is 60.3 Å². The predicted molar refractivity (Wildman–Crippen MR) is 114 cm³/mol. The molecule has 1 atom stereocenters. The molecule has 0 bridgehead atoms. The third-order valence-corrected chi connectivity index (χ3v) is 5.13. The minimum atomic E-state index is -0.450. The van der Waals surface area contributed by atoms with Gasteiger partial charge in [0.1, 0.15) is 5.82 Å².